The average Bonchev–Trinajstić information content (AvgIpc) is 1.91. The van der Waals surface area contributed by atoms with E-state index in [-0.39, 0.29) is 0 Å². The van der Waals surface area contributed by atoms with Crippen molar-refractivity contribution in [2.45, 2.75) is 0 Å². The van der Waals surface area contributed by atoms with Gasteiger partial charge < -0.3 is 15.3 Å². The van der Waals surface area contributed by atoms with Gasteiger partial charge in [0.05, 0.1) is 6.26 Å². The minimum absolute atomic E-state index is 0.750. The summed E-state index contributed by atoms with van der Waals surface area (Å²) in [5.41, 5.74) is 0. The molecule has 1 heterocycles. The Morgan fingerprint density at radius 3 is 2.10 bits per heavy atom. The Balaban J connectivity index is 0.000000236. The third-order valence-corrected chi connectivity index (χ3v) is 1.34. The van der Waals surface area contributed by atoms with Gasteiger partial charge in [0, 0.05) is 26.2 Å². The van der Waals surface area contributed by atoms with Crippen LogP contribution >= 0.6 is 0 Å². The molecule has 0 unspecified atom stereocenters. The molecular formula is C7H16N2O. The standard InChI is InChI=1S/C5H12N2.C2H4O/c1-7-4-2-6-3-5-7;1-2-3/h6H,2-5H2,1H3;2-3H,1H2. The highest BCUT2D eigenvalue weighted by Crippen LogP contribution is 1.82. The zero-order valence-electron chi connectivity index (χ0n) is 6.51. The zero-order chi connectivity index (χ0) is 7.82. The van der Waals surface area contributed by atoms with Gasteiger partial charge in [-0.2, -0.15) is 0 Å². The number of hydrogen-bond acceptors (Lipinski definition) is 3. The number of nitrogens with zero attached hydrogens (tertiary/aromatic N) is 1. The lowest BCUT2D eigenvalue weighted by atomic mass is 10.4. The number of piperazine rings is 1. The van der Waals surface area contributed by atoms with E-state index >= 15 is 0 Å². The number of aliphatic hydroxyl groups is 1. The lowest BCUT2D eigenvalue weighted by molar-refractivity contribution is 0.291. The van der Waals surface area contributed by atoms with Crippen molar-refractivity contribution in [3.05, 3.63) is 12.8 Å². The molecule has 0 amide bonds. The first-order valence-electron chi connectivity index (χ1n) is 3.45. The maximum atomic E-state index is 7.33. The minimum atomic E-state index is 0.750. The molecule has 1 saturated heterocycles. The molecule has 0 aromatic rings. The van der Waals surface area contributed by atoms with E-state index in [1.807, 2.05) is 0 Å². The Bertz CT molecular complexity index is 79.7. The molecule has 3 heteroatoms. The van der Waals surface area contributed by atoms with E-state index in [0.29, 0.717) is 0 Å². The molecule has 0 aromatic carbocycles. The van der Waals surface area contributed by atoms with Crippen LogP contribution < -0.4 is 5.32 Å². The molecule has 0 aliphatic carbocycles. The third kappa shape index (κ3) is 5.59. The van der Waals surface area contributed by atoms with E-state index in [9.17, 15) is 0 Å². The molecule has 0 spiro atoms. The first-order chi connectivity index (χ1) is 4.81. The van der Waals surface area contributed by atoms with Crippen molar-refractivity contribution in [3.63, 3.8) is 0 Å². The van der Waals surface area contributed by atoms with E-state index in [0.717, 1.165) is 19.4 Å². The molecule has 60 valence electrons. The summed E-state index contributed by atoms with van der Waals surface area (Å²) in [4.78, 5) is 2.33. The Morgan fingerprint density at radius 2 is 1.90 bits per heavy atom. The quantitative estimate of drug-likeness (QED) is 0.477. The summed E-state index contributed by atoms with van der Waals surface area (Å²) in [6.07, 6.45) is 0.750. The maximum absolute atomic E-state index is 7.33. The highest BCUT2D eigenvalue weighted by Gasteiger charge is 2.01. The van der Waals surface area contributed by atoms with Crippen molar-refractivity contribution in [2.24, 2.45) is 0 Å². The van der Waals surface area contributed by atoms with Crippen LogP contribution in [0, 0.1) is 0 Å². The predicted molar refractivity (Wildman–Crippen MR) is 43.2 cm³/mol. The fourth-order valence-electron chi connectivity index (χ4n) is 0.777. The summed E-state index contributed by atoms with van der Waals surface area (Å²) in [6.45, 7) is 7.66. The van der Waals surface area contributed by atoms with Crippen molar-refractivity contribution in [2.75, 3.05) is 33.2 Å². The third-order valence-electron chi connectivity index (χ3n) is 1.34. The molecule has 1 rings (SSSR count). The van der Waals surface area contributed by atoms with Crippen LogP contribution in [0.1, 0.15) is 0 Å². The topological polar surface area (TPSA) is 35.5 Å². The van der Waals surface area contributed by atoms with Crippen LogP contribution in [0.25, 0.3) is 0 Å². The van der Waals surface area contributed by atoms with Crippen LogP contribution in [-0.4, -0.2) is 43.2 Å². The molecule has 1 aliphatic rings. The van der Waals surface area contributed by atoms with Gasteiger partial charge in [-0.05, 0) is 7.05 Å². The van der Waals surface area contributed by atoms with E-state index in [1.54, 1.807) is 0 Å². The molecule has 2 N–H and O–H groups in total. The van der Waals surface area contributed by atoms with Crippen LogP contribution in [0.3, 0.4) is 0 Å². The predicted octanol–water partition coefficient (Wildman–Crippen LogP) is 0.209. The van der Waals surface area contributed by atoms with Gasteiger partial charge >= 0.3 is 0 Å². The zero-order valence-corrected chi connectivity index (χ0v) is 6.51. The first kappa shape index (κ1) is 9.46. The molecular weight excluding hydrogens is 128 g/mol. The minimum Gasteiger partial charge on any atom is -0.516 e. The van der Waals surface area contributed by atoms with Crippen LogP contribution in [0.2, 0.25) is 0 Å². The largest absolute Gasteiger partial charge is 0.516 e. The smallest absolute Gasteiger partial charge is 0.0719 e. The van der Waals surface area contributed by atoms with E-state index < -0.39 is 0 Å². The van der Waals surface area contributed by atoms with Gasteiger partial charge in [0.2, 0.25) is 0 Å². The summed E-state index contributed by atoms with van der Waals surface area (Å²) in [5.74, 6) is 0. The van der Waals surface area contributed by atoms with Crippen molar-refractivity contribution in [1.82, 2.24) is 10.2 Å². The lowest BCUT2D eigenvalue weighted by Gasteiger charge is -2.21. The van der Waals surface area contributed by atoms with E-state index in [1.165, 1.54) is 13.1 Å². The fraction of sp³-hybridized carbons (Fsp3) is 0.714. The second-order valence-electron chi connectivity index (χ2n) is 2.24. The molecule has 10 heavy (non-hydrogen) atoms. The van der Waals surface area contributed by atoms with Gasteiger partial charge in [-0.15, -0.1) is 0 Å². The Kier molecular flexibility index (Phi) is 6.22. The van der Waals surface area contributed by atoms with Crippen LogP contribution in [0.15, 0.2) is 12.8 Å². The number of aliphatic hydroxyl groups excluding tert-OH is 1. The summed E-state index contributed by atoms with van der Waals surface area (Å²) in [6, 6.07) is 0. The van der Waals surface area contributed by atoms with Gasteiger partial charge in [0.1, 0.15) is 0 Å². The molecule has 0 saturated carbocycles. The highest BCUT2D eigenvalue weighted by atomic mass is 16.2. The molecule has 1 aliphatic heterocycles. The van der Waals surface area contributed by atoms with Gasteiger partial charge in [0.25, 0.3) is 0 Å². The molecule has 0 radical (unpaired) electrons. The van der Waals surface area contributed by atoms with E-state index in [2.05, 4.69) is 23.8 Å². The second-order valence-corrected chi connectivity index (χ2v) is 2.24. The Morgan fingerprint density at radius 1 is 1.50 bits per heavy atom. The van der Waals surface area contributed by atoms with Crippen LogP contribution in [0.5, 0.6) is 0 Å². The SMILES string of the molecule is C=CO.CN1CCNCC1. The van der Waals surface area contributed by atoms with Gasteiger partial charge in [-0.3, -0.25) is 0 Å². The normalized spacial score (nSPS) is 18.9. The number of rotatable bonds is 0. The average molecular weight is 144 g/mol. The maximum Gasteiger partial charge on any atom is 0.0719 e. The molecule has 0 atom stereocenters. The summed E-state index contributed by atoms with van der Waals surface area (Å²) < 4.78 is 0. The monoisotopic (exact) mass is 144 g/mol. The van der Waals surface area contributed by atoms with Crippen molar-refractivity contribution >= 4 is 0 Å². The van der Waals surface area contributed by atoms with Crippen molar-refractivity contribution < 1.29 is 5.11 Å². The number of nitrogens with one attached hydrogen (secondary N) is 1. The molecule has 3 nitrogen and oxygen atoms in total. The summed E-state index contributed by atoms with van der Waals surface area (Å²) in [7, 11) is 2.15. The van der Waals surface area contributed by atoms with Gasteiger partial charge in [-0.1, -0.05) is 6.58 Å². The van der Waals surface area contributed by atoms with Crippen LogP contribution in [-0.2, 0) is 0 Å². The molecule has 0 bridgehead atoms. The van der Waals surface area contributed by atoms with Crippen molar-refractivity contribution in [3.8, 4) is 0 Å². The Labute approximate surface area is 62.3 Å². The second kappa shape index (κ2) is 6.58. The Hall–Kier alpha value is -0.540. The lowest BCUT2D eigenvalue weighted by Crippen LogP contribution is -2.40. The van der Waals surface area contributed by atoms with E-state index in [4.69, 9.17) is 5.11 Å². The number of hydrogen-bond donors (Lipinski definition) is 2. The summed E-state index contributed by atoms with van der Waals surface area (Å²) in [5, 5.41) is 10.6. The molecule has 1 fully saturated rings. The first-order valence-corrected chi connectivity index (χ1v) is 3.45. The van der Waals surface area contributed by atoms with Crippen LogP contribution in [0.4, 0.5) is 0 Å². The highest BCUT2D eigenvalue weighted by molar-refractivity contribution is 4.62. The fourth-order valence-corrected chi connectivity index (χ4v) is 0.777. The summed E-state index contributed by atoms with van der Waals surface area (Å²) >= 11 is 0. The van der Waals surface area contributed by atoms with Gasteiger partial charge in [0.15, 0.2) is 0 Å². The number of likely N-dealkylation sites (N-methyl/N-ethyl adjacent to an activating group) is 1. The van der Waals surface area contributed by atoms with Gasteiger partial charge in [-0.25, -0.2) is 0 Å². The molecule has 0 aromatic heterocycles. The van der Waals surface area contributed by atoms with Crippen molar-refractivity contribution in [1.29, 1.82) is 0 Å².